The van der Waals surface area contributed by atoms with Crippen LogP contribution in [-0.4, -0.2) is 14.2 Å². The number of rotatable bonds is 5. The number of ketones is 1. The monoisotopic (exact) mass is 404 g/mol. The lowest BCUT2D eigenvalue weighted by Gasteiger charge is -2.18. The molecule has 0 unspecified atom stereocenters. The number of anilines is 2. The van der Waals surface area contributed by atoms with Crippen molar-refractivity contribution in [2.24, 2.45) is 0 Å². The van der Waals surface area contributed by atoms with Crippen molar-refractivity contribution in [3.05, 3.63) is 102 Å². The zero-order valence-corrected chi connectivity index (χ0v) is 16.4. The zero-order chi connectivity index (χ0) is 20.3. The van der Waals surface area contributed by atoms with Crippen LogP contribution >= 0.6 is 0 Å². The van der Waals surface area contributed by atoms with Gasteiger partial charge in [0.25, 0.3) is 10.0 Å². The van der Waals surface area contributed by atoms with Crippen molar-refractivity contribution in [1.82, 2.24) is 0 Å². The summed E-state index contributed by atoms with van der Waals surface area (Å²) in [5, 5.41) is 3.11. The second-order valence-corrected chi connectivity index (χ2v) is 8.45. The molecule has 1 aliphatic carbocycles. The highest BCUT2D eigenvalue weighted by Gasteiger charge is 2.21. The number of Topliss-reactive ketones (excluding diaryl/α,β-unsaturated/α-hetero) is 1. The number of hydrogen-bond donors (Lipinski definition) is 2. The van der Waals surface area contributed by atoms with Crippen LogP contribution < -0.4 is 10.0 Å². The Bertz CT molecular complexity index is 1190. The van der Waals surface area contributed by atoms with Gasteiger partial charge in [-0.1, -0.05) is 54.6 Å². The van der Waals surface area contributed by atoms with Gasteiger partial charge in [-0.25, -0.2) is 8.42 Å². The molecule has 0 aromatic heterocycles. The van der Waals surface area contributed by atoms with Gasteiger partial charge in [-0.2, -0.15) is 0 Å². The highest BCUT2D eigenvalue weighted by atomic mass is 32.2. The third-order valence-electron chi connectivity index (χ3n) is 4.84. The Morgan fingerprint density at radius 2 is 1.41 bits per heavy atom. The second-order valence-electron chi connectivity index (χ2n) is 6.76. The van der Waals surface area contributed by atoms with Gasteiger partial charge in [0.1, 0.15) is 0 Å². The average Bonchev–Trinajstić information content (AvgIpc) is 2.75. The third kappa shape index (κ3) is 4.07. The van der Waals surface area contributed by atoms with Gasteiger partial charge in [-0.15, -0.1) is 0 Å². The summed E-state index contributed by atoms with van der Waals surface area (Å²) in [4.78, 5) is 12.9. The Kier molecular flexibility index (Phi) is 5.18. The van der Waals surface area contributed by atoms with E-state index >= 15 is 0 Å². The molecule has 0 heterocycles. The van der Waals surface area contributed by atoms with Gasteiger partial charge in [0, 0.05) is 17.3 Å². The lowest BCUT2D eigenvalue weighted by Crippen LogP contribution is -2.16. The standard InChI is InChI=1S/C23H20N2O3S/c26-23-18(15-14-17-8-4-5-11-20(17)23)16-24-21-12-6-7-13-22(21)25-29(27,28)19-9-2-1-3-10-19/h1-13,16,24-25H,14-15H2/b18-16+. The quantitative estimate of drug-likeness (QED) is 0.609. The normalized spacial score (nSPS) is 15.0. The first-order chi connectivity index (χ1) is 14.0. The van der Waals surface area contributed by atoms with Crippen LogP contribution in [-0.2, 0) is 16.4 Å². The Labute approximate surface area is 170 Å². The van der Waals surface area contributed by atoms with Crippen LogP contribution in [0.5, 0.6) is 0 Å². The molecule has 0 fully saturated rings. The van der Waals surface area contributed by atoms with E-state index in [1.54, 1.807) is 60.8 Å². The molecule has 2 N–H and O–H groups in total. The minimum Gasteiger partial charge on any atom is -0.360 e. The fourth-order valence-corrected chi connectivity index (χ4v) is 4.42. The van der Waals surface area contributed by atoms with Crippen molar-refractivity contribution in [2.75, 3.05) is 10.0 Å². The van der Waals surface area contributed by atoms with E-state index in [4.69, 9.17) is 0 Å². The Morgan fingerprint density at radius 1 is 0.759 bits per heavy atom. The van der Waals surface area contributed by atoms with Crippen LogP contribution in [0.2, 0.25) is 0 Å². The van der Waals surface area contributed by atoms with Crippen molar-refractivity contribution in [3.8, 4) is 0 Å². The third-order valence-corrected chi connectivity index (χ3v) is 6.23. The maximum Gasteiger partial charge on any atom is 0.261 e. The van der Waals surface area contributed by atoms with Crippen molar-refractivity contribution in [3.63, 3.8) is 0 Å². The summed E-state index contributed by atoms with van der Waals surface area (Å²) in [6.07, 6.45) is 3.12. The molecule has 6 heteroatoms. The van der Waals surface area contributed by atoms with E-state index in [1.807, 2.05) is 24.3 Å². The van der Waals surface area contributed by atoms with Gasteiger partial charge >= 0.3 is 0 Å². The smallest absolute Gasteiger partial charge is 0.261 e. The van der Waals surface area contributed by atoms with Crippen LogP contribution in [0.1, 0.15) is 22.3 Å². The molecule has 4 rings (SSSR count). The molecule has 5 nitrogen and oxygen atoms in total. The molecule has 0 radical (unpaired) electrons. The molecule has 146 valence electrons. The topological polar surface area (TPSA) is 75.3 Å². The fraction of sp³-hybridized carbons (Fsp3) is 0.0870. The average molecular weight is 404 g/mol. The molecule has 0 aliphatic heterocycles. The van der Waals surface area contributed by atoms with E-state index in [0.29, 0.717) is 23.4 Å². The van der Waals surface area contributed by atoms with Gasteiger partial charge in [0.2, 0.25) is 0 Å². The number of fused-ring (bicyclic) bond motifs is 1. The number of nitrogens with one attached hydrogen (secondary N) is 2. The van der Waals surface area contributed by atoms with Gasteiger partial charge in [0.05, 0.1) is 16.3 Å². The lowest BCUT2D eigenvalue weighted by molar-refractivity contribution is 0.102. The predicted molar refractivity (Wildman–Crippen MR) is 114 cm³/mol. The van der Waals surface area contributed by atoms with E-state index in [9.17, 15) is 13.2 Å². The lowest BCUT2D eigenvalue weighted by atomic mass is 9.87. The summed E-state index contributed by atoms with van der Waals surface area (Å²) in [6, 6.07) is 22.8. The van der Waals surface area contributed by atoms with Gasteiger partial charge in [-0.05, 0) is 42.7 Å². The summed E-state index contributed by atoms with van der Waals surface area (Å²) < 4.78 is 27.9. The highest BCUT2D eigenvalue weighted by Crippen LogP contribution is 2.27. The first-order valence-electron chi connectivity index (χ1n) is 9.30. The maximum absolute atomic E-state index is 12.7. The van der Waals surface area contributed by atoms with Crippen LogP contribution in [0.3, 0.4) is 0 Å². The SMILES string of the molecule is O=C1/C(=C/Nc2ccccc2NS(=O)(=O)c2ccccc2)CCc2ccccc21. The fourth-order valence-electron chi connectivity index (χ4n) is 3.32. The van der Waals surface area contributed by atoms with Crippen LogP contribution in [0, 0.1) is 0 Å². The molecule has 3 aromatic carbocycles. The molecule has 0 spiro atoms. The van der Waals surface area contributed by atoms with Crippen molar-refractivity contribution in [2.45, 2.75) is 17.7 Å². The van der Waals surface area contributed by atoms with E-state index in [0.717, 1.165) is 17.5 Å². The number of carbonyl (C=O) groups is 1. The number of hydrogen-bond acceptors (Lipinski definition) is 4. The number of benzene rings is 3. The largest absolute Gasteiger partial charge is 0.360 e. The van der Waals surface area contributed by atoms with Gasteiger partial charge in [-0.3, -0.25) is 9.52 Å². The van der Waals surface area contributed by atoms with E-state index in [1.165, 1.54) is 0 Å². The number of allylic oxidation sites excluding steroid dienone is 1. The van der Waals surface area contributed by atoms with Gasteiger partial charge < -0.3 is 5.32 Å². The number of aryl methyl sites for hydroxylation is 1. The van der Waals surface area contributed by atoms with Crippen molar-refractivity contribution >= 4 is 27.2 Å². The van der Waals surface area contributed by atoms with E-state index < -0.39 is 10.0 Å². The number of carbonyl (C=O) groups excluding carboxylic acids is 1. The van der Waals surface area contributed by atoms with Crippen molar-refractivity contribution in [1.29, 1.82) is 0 Å². The Balaban J connectivity index is 1.57. The molecule has 3 aromatic rings. The zero-order valence-electron chi connectivity index (χ0n) is 15.6. The van der Waals surface area contributed by atoms with Crippen LogP contribution in [0.25, 0.3) is 0 Å². The van der Waals surface area contributed by atoms with Crippen molar-refractivity contribution < 1.29 is 13.2 Å². The predicted octanol–water partition coefficient (Wildman–Crippen LogP) is 4.61. The van der Waals surface area contributed by atoms with Crippen LogP contribution in [0.15, 0.2) is 95.5 Å². The maximum atomic E-state index is 12.7. The summed E-state index contributed by atoms with van der Waals surface area (Å²) in [5.74, 6) is 0.00157. The molecule has 0 amide bonds. The number of para-hydroxylation sites is 2. The van der Waals surface area contributed by atoms with Gasteiger partial charge in [0.15, 0.2) is 5.78 Å². The minimum absolute atomic E-state index is 0.00157. The first-order valence-corrected chi connectivity index (χ1v) is 10.8. The molecule has 0 saturated carbocycles. The van der Waals surface area contributed by atoms with E-state index in [2.05, 4.69) is 10.0 Å². The minimum atomic E-state index is -3.71. The summed E-state index contributed by atoms with van der Waals surface area (Å²) in [6.45, 7) is 0. The van der Waals surface area contributed by atoms with Crippen LogP contribution in [0.4, 0.5) is 11.4 Å². The highest BCUT2D eigenvalue weighted by molar-refractivity contribution is 7.92. The molecule has 0 atom stereocenters. The summed E-state index contributed by atoms with van der Waals surface area (Å²) in [7, 11) is -3.71. The Hall–Kier alpha value is -3.38. The molecule has 29 heavy (non-hydrogen) atoms. The van der Waals surface area contributed by atoms with E-state index in [-0.39, 0.29) is 10.7 Å². The molecular formula is C23H20N2O3S. The Morgan fingerprint density at radius 3 is 2.21 bits per heavy atom. The summed E-state index contributed by atoms with van der Waals surface area (Å²) in [5.41, 5.74) is 3.45. The summed E-state index contributed by atoms with van der Waals surface area (Å²) >= 11 is 0. The molecule has 1 aliphatic rings. The molecule has 0 saturated heterocycles. The second kappa shape index (κ2) is 7.93. The first kappa shape index (κ1) is 19.0. The molecule has 0 bridgehead atoms. The number of sulfonamides is 1. The molecular weight excluding hydrogens is 384 g/mol.